The van der Waals surface area contributed by atoms with Crippen LogP contribution in [0.2, 0.25) is 0 Å². The van der Waals surface area contributed by atoms with Gasteiger partial charge in [-0.2, -0.15) is 13.2 Å². The molecular formula is C16H26F3N3O3. The fraction of sp³-hybridized carbons (Fsp3) is 0.875. The van der Waals surface area contributed by atoms with Crippen LogP contribution < -0.4 is 0 Å². The van der Waals surface area contributed by atoms with Gasteiger partial charge >= 0.3 is 12.3 Å². The van der Waals surface area contributed by atoms with Gasteiger partial charge in [-0.1, -0.05) is 13.8 Å². The quantitative estimate of drug-likeness (QED) is 0.764. The molecule has 9 heteroatoms. The predicted molar refractivity (Wildman–Crippen MR) is 85.0 cm³/mol. The molecular weight excluding hydrogens is 339 g/mol. The van der Waals surface area contributed by atoms with Crippen LogP contribution in [0.4, 0.5) is 18.0 Å². The van der Waals surface area contributed by atoms with E-state index in [1.807, 2.05) is 18.7 Å². The summed E-state index contributed by atoms with van der Waals surface area (Å²) in [5.41, 5.74) is 0. The van der Waals surface area contributed by atoms with E-state index in [0.29, 0.717) is 45.6 Å². The zero-order valence-corrected chi connectivity index (χ0v) is 14.7. The Morgan fingerprint density at radius 3 is 2.56 bits per heavy atom. The van der Waals surface area contributed by atoms with Gasteiger partial charge in [-0.05, 0) is 18.8 Å². The van der Waals surface area contributed by atoms with Crippen LogP contribution in [0.3, 0.4) is 0 Å². The molecule has 1 atom stereocenters. The van der Waals surface area contributed by atoms with Crippen molar-refractivity contribution >= 4 is 12.0 Å². The number of hydrogen-bond acceptors (Lipinski definition) is 4. The van der Waals surface area contributed by atoms with Crippen molar-refractivity contribution in [2.75, 3.05) is 45.9 Å². The Bertz CT molecular complexity index is 485. The minimum Gasteiger partial charge on any atom is -0.449 e. The fourth-order valence-electron chi connectivity index (χ4n) is 3.20. The minimum atomic E-state index is -4.37. The minimum absolute atomic E-state index is 0.125. The molecule has 0 N–H and O–H groups in total. The number of halogens is 3. The lowest BCUT2D eigenvalue weighted by Crippen LogP contribution is -2.45. The topological polar surface area (TPSA) is 53.1 Å². The molecule has 0 aliphatic carbocycles. The molecule has 0 spiro atoms. The number of carbonyl (C=O) groups is 2. The molecule has 2 aliphatic rings. The molecule has 0 bridgehead atoms. The van der Waals surface area contributed by atoms with Crippen LogP contribution in [0.1, 0.15) is 26.7 Å². The molecule has 1 unspecified atom stereocenters. The van der Waals surface area contributed by atoms with Crippen molar-refractivity contribution in [2.24, 2.45) is 5.92 Å². The summed E-state index contributed by atoms with van der Waals surface area (Å²) < 4.78 is 42.8. The summed E-state index contributed by atoms with van der Waals surface area (Å²) in [7, 11) is 0. The van der Waals surface area contributed by atoms with Crippen LogP contribution >= 0.6 is 0 Å². The average Bonchev–Trinajstić information content (AvgIpc) is 2.74. The number of hydrogen-bond donors (Lipinski definition) is 0. The van der Waals surface area contributed by atoms with E-state index in [1.165, 1.54) is 0 Å². The van der Waals surface area contributed by atoms with Crippen LogP contribution in [0.15, 0.2) is 0 Å². The zero-order chi connectivity index (χ0) is 18.6. The zero-order valence-electron chi connectivity index (χ0n) is 14.7. The van der Waals surface area contributed by atoms with Crippen LogP contribution in [0, 0.1) is 5.92 Å². The van der Waals surface area contributed by atoms with Gasteiger partial charge in [0.15, 0.2) is 0 Å². The summed E-state index contributed by atoms with van der Waals surface area (Å²) in [6.07, 6.45) is -3.68. The Balaban J connectivity index is 1.86. The lowest BCUT2D eigenvalue weighted by atomic mass is 10.2. The first-order valence-electron chi connectivity index (χ1n) is 8.68. The smallest absolute Gasteiger partial charge is 0.409 e. The van der Waals surface area contributed by atoms with Crippen LogP contribution in [-0.2, 0) is 9.53 Å². The summed E-state index contributed by atoms with van der Waals surface area (Å²) in [5, 5.41) is 0. The second-order valence-electron chi connectivity index (χ2n) is 7.03. The monoisotopic (exact) mass is 365 g/mol. The van der Waals surface area contributed by atoms with Gasteiger partial charge in [0.2, 0.25) is 5.91 Å². The summed E-state index contributed by atoms with van der Waals surface area (Å²) in [6, 6.07) is -0.519. The molecule has 0 aromatic rings. The van der Waals surface area contributed by atoms with Crippen LogP contribution in [0.25, 0.3) is 0 Å². The van der Waals surface area contributed by atoms with Crippen molar-refractivity contribution in [3.8, 4) is 0 Å². The second kappa shape index (κ2) is 8.25. The predicted octanol–water partition coefficient (Wildman–Crippen LogP) is 1.95. The average molecular weight is 365 g/mol. The molecule has 2 heterocycles. The third kappa shape index (κ3) is 5.76. The van der Waals surface area contributed by atoms with Gasteiger partial charge in [0.05, 0.1) is 12.6 Å². The SMILES string of the molecule is CC(C)COC(=O)N1CCCN(C2CCN(CC(F)(F)F)C2=O)CC1. The van der Waals surface area contributed by atoms with Gasteiger partial charge in [0.25, 0.3) is 0 Å². The standard InChI is InChI=1S/C16H26F3N3O3/c1-12(2)10-25-15(24)21-6-3-5-20(8-9-21)13-4-7-22(14(13)23)11-16(17,18)19/h12-13H,3-11H2,1-2H3. The summed E-state index contributed by atoms with van der Waals surface area (Å²) in [4.78, 5) is 28.7. The summed E-state index contributed by atoms with van der Waals surface area (Å²) >= 11 is 0. The molecule has 2 saturated heterocycles. The molecule has 2 amide bonds. The van der Waals surface area contributed by atoms with Gasteiger partial charge < -0.3 is 14.5 Å². The van der Waals surface area contributed by atoms with Gasteiger partial charge in [-0.25, -0.2) is 4.79 Å². The van der Waals surface area contributed by atoms with Crippen molar-refractivity contribution in [1.82, 2.24) is 14.7 Å². The highest BCUT2D eigenvalue weighted by Crippen LogP contribution is 2.24. The van der Waals surface area contributed by atoms with E-state index in [9.17, 15) is 22.8 Å². The van der Waals surface area contributed by atoms with E-state index < -0.39 is 24.7 Å². The van der Waals surface area contributed by atoms with Gasteiger partial charge in [0.1, 0.15) is 6.54 Å². The van der Waals surface area contributed by atoms with E-state index in [1.54, 1.807) is 4.90 Å². The number of carbonyl (C=O) groups excluding carboxylic acids is 2. The molecule has 2 fully saturated rings. The van der Waals surface area contributed by atoms with Crippen molar-refractivity contribution in [3.05, 3.63) is 0 Å². The maximum atomic E-state index is 12.5. The van der Waals surface area contributed by atoms with E-state index in [4.69, 9.17) is 4.74 Å². The van der Waals surface area contributed by atoms with Crippen molar-refractivity contribution in [3.63, 3.8) is 0 Å². The van der Waals surface area contributed by atoms with E-state index in [2.05, 4.69) is 0 Å². The van der Waals surface area contributed by atoms with Crippen molar-refractivity contribution in [1.29, 1.82) is 0 Å². The Morgan fingerprint density at radius 2 is 1.92 bits per heavy atom. The van der Waals surface area contributed by atoms with Crippen molar-refractivity contribution in [2.45, 2.75) is 38.9 Å². The maximum Gasteiger partial charge on any atom is 0.409 e. The highest BCUT2D eigenvalue weighted by molar-refractivity contribution is 5.84. The highest BCUT2D eigenvalue weighted by Gasteiger charge is 2.41. The third-order valence-electron chi connectivity index (χ3n) is 4.41. The lowest BCUT2D eigenvalue weighted by molar-refractivity contribution is -0.159. The number of likely N-dealkylation sites (tertiary alicyclic amines) is 1. The number of nitrogens with zero attached hydrogens (tertiary/aromatic N) is 3. The number of ether oxygens (including phenoxy) is 1. The molecule has 0 radical (unpaired) electrons. The Kier molecular flexibility index (Phi) is 6.53. The normalized spacial score (nSPS) is 23.3. The number of amides is 2. The Morgan fingerprint density at radius 1 is 1.20 bits per heavy atom. The molecule has 6 nitrogen and oxygen atoms in total. The molecule has 25 heavy (non-hydrogen) atoms. The van der Waals surface area contributed by atoms with Gasteiger partial charge in [-0.15, -0.1) is 0 Å². The van der Waals surface area contributed by atoms with Gasteiger partial charge in [0, 0.05) is 32.7 Å². The van der Waals surface area contributed by atoms with Crippen LogP contribution in [0.5, 0.6) is 0 Å². The van der Waals surface area contributed by atoms with Crippen molar-refractivity contribution < 1.29 is 27.5 Å². The first-order chi connectivity index (χ1) is 11.7. The molecule has 2 aliphatic heterocycles. The number of rotatable bonds is 4. The molecule has 0 aromatic carbocycles. The molecule has 0 aromatic heterocycles. The van der Waals surface area contributed by atoms with Crippen LogP contribution in [-0.4, -0.2) is 84.8 Å². The Labute approximate surface area is 145 Å². The first kappa shape index (κ1) is 19.8. The highest BCUT2D eigenvalue weighted by atomic mass is 19.4. The fourth-order valence-corrected chi connectivity index (χ4v) is 3.20. The molecule has 144 valence electrons. The Hall–Kier alpha value is -1.51. The van der Waals surface area contributed by atoms with Gasteiger partial charge in [-0.3, -0.25) is 9.69 Å². The van der Waals surface area contributed by atoms with E-state index >= 15 is 0 Å². The third-order valence-corrected chi connectivity index (χ3v) is 4.41. The van der Waals surface area contributed by atoms with E-state index in [-0.39, 0.29) is 18.6 Å². The molecule has 2 rings (SSSR count). The lowest BCUT2D eigenvalue weighted by Gasteiger charge is -2.26. The molecule has 0 saturated carbocycles. The maximum absolute atomic E-state index is 12.5. The van der Waals surface area contributed by atoms with E-state index in [0.717, 1.165) is 4.90 Å². The first-order valence-corrected chi connectivity index (χ1v) is 8.68. The summed E-state index contributed by atoms with van der Waals surface area (Å²) in [5.74, 6) is -0.212. The largest absolute Gasteiger partial charge is 0.449 e. The second-order valence-corrected chi connectivity index (χ2v) is 7.03. The number of alkyl halides is 3. The summed E-state index contributed by atoms with van der Waals surface area (Å²) in [6.45, 7) is 5.19.